The monoisotopic (exact) mass is 292 g/mol. The molecule has 0 aromatic heterocycles. The second-order valence-electron chi connectivity index (χ2n) is 5.73. The maximum absolute atomic E-state index is 11.0. The number of nitrogens with zero attached hydrogens (tertiary/aromatic N) is 2. The third kappa shape index (κ3) is 3.95. The molecule has 0 bridgehead atoms. The van der Waals surface area contributed by atoms with Crippen molar-refractivity contribution in [3.8, 4) is 0 Å². The van der Waals surface area contributed by atoms with Gasteiger partial charge in [-0.25, -0.2) is 0 Å². The second kappa shape index (κ2) is 6.91. The molecule has 1 aromatic rings. The van der Waals surface area contributed by atoms with Crippen molar-refractivity contribution in [3.05, 3.63) is 29.8 Å². The standard InChI is InChI=1S/C16H24N2O3/c1-12(13-4-6-14(7-5-13)17(2)3)18-8-9-21-11-15(18)10-16(19)20/h4-7,12,15H,8-11H2,1-3H3,(H,19,20). The number of hydrogen-bond acceptors (Lipinski definition) is 4. The second-order valence-corrected chi connectivity index (χ2v) is 5.73. The van der Waals surface area contributed by atoms with Crippen LogP contribution in [0.2, 0.25) is 0 Å². The molecular formula is C16H24N2O3. The van der Waals surface area contributed by atoms with Gasteiger partial charge in [0.15, 0.2) is 0 Å². The summed E-state index contributed by atoms with van der Waals surface area (Å²) in [7, 11) is 4.03. The fraction of sp³-hybridized carbons (Fsp3) is 0.562. The van der Waals surface area contributed by atoms with Crippen LogP contribution in [0.5, 0.6) is 0 Å². The fourth-order valence-corrected chi connectivity index (χ4v) is 2.80. The van der Waals surface area contributed by atoms with Crippen LogP contribution < -0.4 is 4.90 Å². The molecule has 116 valence electrons. The summed E-state index contributed by atoms with van der Waals surface area (Å²) in [5.74, 6) is -0.773. The highest BCUT2D eigenvalue weighted by Crippen LogP contribution is 2.27. The Morgan fingerprint density at radius 2 is 2.10 bits per heavy atom. The topological polar surface area (TPSA) is 53.0 Å². The van der Waals surface area contributed by atoms with E-state index in [4.69, 9.17) is 9.84 Å². The average molecular weight is 292 g/mol. The van der Waals surface area contributed by atoms with Crippen molar-refractivity contribution in [2.24, 2.45) is 0 Å². The summed E-state index contributed by atoms with van der Waals surface area (Å²) in [4.78, 5) is 15.3. The van der Waals surface area contributed by atoms with Crippen molar-refractivity contribution < 1.29 is 14.6 Å². The Hall–Kier alpha value is -1.59. The number of anilines is 1. The number of carboxylic acids is 1. The van der Waals surface area contributed by atoms with Crippen LogP contribution in [-0.2, 0) is 9.53 Å². The van der Waals surface area contributed by atoms with E-state index in [2.05, 4.69) is 41.0 Å². The minimum absolute atomic E-state index is 0.0558. The van der Waals surface area contributed by atoms with E-state index in [1.807, 2.05) is 14.1 Å². The zero-order chi connectivity index (χ0) is 15.4. The van der Waals surface area contributed by atoms with Crippen molar-refractivity contribution in [2.75, 3.05) is 38.8 Å². The van der Waals surface area contributed by atoms with Gasteiger partial charge in [-0.3, -0.25) is 9.69 Å². The minimum Gasteiger partial charge on any atom is -0.481 e. The predicted octanol–water partition coefficient (Wildman–Crippen LogP) is 1.99. The van der Waals surface area contributed by atoms with Gasteiger partial charge in [0.05, 0.1) is 19.6 Å². The van der Waals surface area contributed by atoms with E-state index >= 15 is 0 Å². The number of ether oxygens (including phenoxy) is 1. The molecular weight excluding hydrogens is 268 g/mol. The Bertz CT molecular complexity index is 473. The van der Waals surface area contributed by atoms with Crippen LogP contribution in [-0.4, -0.2) is 55.9 Å². The van der Waals surface area contributed by atoms with Crippen molar-refractivity contribution in [1.82, 2.24) is 4.90 Å². The average Bonchev–Trinajstić information content (AvgIpc) is 2.46. The van der Waals surface area contributed by atoms with Crippen LogP contribution in [0.1, 0.15) is 24.9 Å². The van der Waals surface area contributed by atoms with Crippen molar-refractivity contribution in [1.29, 1.82) is 0 Å². The predicted molar refractivity (Wildman–Crippen MR) is 82.7 cm³/mol. The molecule has 5 nitrogen and oxygen atoms in total. The first-order chi connectivity index (χ1) is 9.99. The van der Waals surface area contributed by atoms with Crippen molar-refractivity contribution in [2.45, 2.75) is 25.4 Å². The number of hydrogen-bond donors (Lipinski definition) is 1. The third-order valence-corrected chi connectivity index (χ3v) is 4.07. The van der Waals surface area contributed by atoms with Gasteiger partial charge >= 0.3 is 5.97 Å². The van der Waals surface area contributed by atoms with Gasteiger partial charge in [-0.15, -0.1) is 0 Å². The molecule has 2 unspecified atom stereocenters. The maximum atomic E-state index is 11.0. The summed E-state index contributed by atoms with van der Waals surface area (Å²) in [6.45, 7) is 4.06. The van der Waals surface area contributed by atoms with Crippen molar-refractivity contribution >= 4 is 11.7 Å². The summed E-state index contributed by atoms with van der Waals surface area (Å²) in [5, 5.41) is 9.05. The Morgan fingerprint density at radius 3 is 2.67 bits per heavy atom. The Morgan fingerprint density at radius 1 is 1.43 bits per heavy atom. The highest BCUT2D eigenvalue weighted by atomic mass is 16.5. The zero-order valence-electron chi connectivity index (χ0n) is 13.0. The van der Waals surface area contributed by atoms with Gasteiger partial charge in [-0.05, 0) is 24.6 Å². The number of carboxylic acid groups (broad SMARTS) is 1. The molecule has 0 spiro atoms. The van der Waals surface area contributed by atoms with Gasteiger partial charge in [-0.2, -0.15) is 0 Å². The molecule has 1 aliphatic rings. The van der Waals surface area contributed by atoms with E-state index in [0.29, 0.717) is 13.2 Å². The molecule has 0 amide bonds. The van der Waals surface area contributed by atoms with E-state index in [-0.39, 0.29) is 18.5 Å². The number of benzene rings is 1. The van der Waals surface area contributed by atoms with E-state index in [9.17, 15) is 4.79 Å². The number of aliphatic carboxylic acids is 1. The SMILES string of the molecule is CC(c1ccc(N(C)C)cc1)N1CCOCC1CC(=O)O. The van der Waals surface area contributed by atoms with E-state index in [1.54, 1.807) is 0 Å². The molecule has 0 aliphatic carbocycles. The molecule has 0 saturated carbocycles. The lowest BCUT2D eigenvalue weighted by molar-refractivity contribution is -0.140. The Kier molecular flexibility index (Phi) is 5.20. The summed E-state index contributed by atoms with van der Waals surface area (Å²) in [6, 6.07) is 8.56. The molecule has 1 N–H and O–H groups in total. The smallest absolute Gasteiger partial charge is 0.305 e. The fourth-order valence-electron chi connectivity index (χ4n) is 2.80. The number of morpholine rings is 1. The first-order valence-electron chi connectivity index (χ1n) is 7.31. The molecule has 1 fully saturated rings. The number of rotatable bonds is 5. The Labute approximate surface area is 126 Å². The van der Waals surface area contributed by atoms with Crippen LogP contribution >= 0.6 is 0 Å². The first kappa shape index (κ1) is 15.8. The van der Waals surface area contributed by atoms with Gasteiger partial charge in [0.2, 0.25) is 0 Å². The molecule has 0 radical (unpaired) electrons. The van der Waals surface area contributed by atoms with Crippen molar-refractivity contribution in [3.63, 3.8) is 0 Å². The van der Waals surface area contributed by atoms with Gasteiger partial charge in [0.25, 0.3) is 0 Å². The Balaban J connectivity index is 2.12. The van der Waals surface area contributed by atoms with Crippen LogP contribution in [0.4, 0.5) is 5.69 Å². The zero-order valence-corrected chi connectivity index (χ0v) is 13.0. The summed E-state index contributed by atoms with van der Waals surface area (Å²) >= 11 is 0. The van der Waals surface area contributed by atoms with Gasteiger partial charge in [-0.1, -0.05) is 12.1 Å². The number of carbonyl (C=O) groups is 1. The molecule has 1 aromatic carbocycles. The molecule has 5 heteroatoms. The first-order valence-corrected chi connectivity index (χ1v) is 7.31. The molecule has 21 heavy (non-hydrogen) atoms. The maximum Gasteiger partial charge on any atom is 0.305 e. The third-order valence-electron chi connectivity index (χ3n) is 4.07. The van der Waals surface area contributed by atoms with E-state index in [1.165, 1.54) is 5.56 Å². The minimum atomic E-state index is -0.773. The van der Waals surface area contributed by atoms with Gasteiger partial charge < -0.3 is 14.7 Å². The van der Waals surface area contributed by atoms with Crippen LogP contribution in [0.3, 0.4) is 0 Å². The highest BCUT2D eigenvalue weighted by molar-refractivity contribution is 5.67. The summed E-state index contributed by atoms with van der Waals surface area (Å²) in [5.41, 5.74) is 2.37. The molecule has 1 saturated heterocycles. The molecule has 2 rings (SSSR count). The van der Waals surface area contributed by atoms with E-state index < -0.39 is 5.97 Å². The lowest BCUT2D eigenvalue weighted by Gasteiger charge is -2.39. The van der Waals surface area contributed by atoms with Crippen LogP contribution in [0, 0.1) is 0 Å². The summed E-state index contributed by atoms with van der Waals surface area (Å²) < 4.78 is 5.44. The van der Waals surface area contributed by atoms with Crippen LogP contribution in [0.15, 0.2) is 24.3 Å². The van der Waals surface area contributed by atoms with Crippen LogP contribution in [0.25, 0.3) is 0 Å². The lowest BCUT2D eigenvalue weighted by atomic mass is 10.0. The summed E-state index contributed by atoms with van der Waals surface area (Å²) in [6.07, 6.45) is 0.125. The largest absolute Gasteiger partial charge is 0.481 e. The normalized spacial score (nSPS) is 21.0. The quantitative estimate of drug-likeness (QED) is 0.899. The molecule has 1 aliphatic heterocycles. The molecule has 2 atom stereocenters. The highest BCUT2D eigenvalue weighted by Gasteiger charge is 2.29. The van der Waals surface area contributed by atoms with Gasteiger partial charge in [0, 0.05) is 38.4 Å². The molecule has 1 heterocycles. The lowest BCUT2D eigenvalue weighted by Crippen LogP contribution is -2.47. The van der Waals surface area contributed by atoms with E-state index in [0.717, 1.165) is 12.2 Å². The van der Waals surface area contributed by atoms with Gasteiger partial charge in [0.1, 0.15) is 0 Å².